The highest BCUT2D eigenvalue weighted by Crippen LogP contribution is 2.25. The van der Waals surface area contributed by atoms with Gasteiger partial charge in [-0.1, -0.05) is 0 Å². The summed E-state index contributed by atoms with van der Waals surface area (Å²) in [6.07, 6.45) is 0. The number of hydrogen-bond acceptors (Lipinski definition) is 3. The van der Waals surface area contributed by atoms with Crippen LogP contribution in [0.25, 0.3) is 11.4 Å². The zero-order valence-corrected chi connectivity index (χ0v) is 9.87. The van der Waals surface area contributed by atoms with E-state index in [1.54, 1.807) is 6.92 Å². The summed E-state index contributed by atoms with van der Waals surface area (Å²) in [4.78, 5) is 0. The number of fused-ring (bicyclic) bond motifs is 1. The minimum Gasteiger partial charge on any atom is -0.309 e. The number of nitrogens with one attached hydrogen (secondary N) is 1. The maximum atomic E-state index is 13.8. The van der Waals surface area contributed by atoms with Crippen molar-refractivity contribution < 1.29 is 8.78 Å². The summed E-state index contributed by atoms with van der Waals surface area (Å²) in [7, 11) is 0. The maximum Gasteiger partial charge on any atom is 0.167 e. The first kappa shape index (κ1) is 11.3. The molecule has 0 radical (unpaired) electrons. The minimum atomic E-state index is -0.605. The van der Waals surface area contributed by atoms with Crippen molar-refractivity contribution in [3.63, 3.8) is 0 Å². The molecule has 3 rings (SSSR count). The molecule has 0 saturated carbocycles. The zero-order valence-electron chi connectivity index (χ0n) is 9.87. The molecule has 1 aromatic heterocycles. The molecule has 0 amide bonds. The highest BCUT2D eigenvalue weighted by Gasteiger charge is 2.20. The van der Waals surface area contributed by atoms with Crippen molar-refractivity contribution in [1.82, 2.24) is 20.1 Å². The van der Waals surface area contributed by atoms with Gasteiger partial charge in [0.15, 0.2) is 5.82 Å². The van der Waals surface area contributed by atoms with Crippen LogP contribution in [0.1, 0.15) is 11.4 Å². The predicted molar refractivity (Wildman–Crippen MR) is 61.8 cm³/mol. The number of aryl methyl sites for hydroxylation is 1. The largest absolute Gasteiger partial charge is 0.309 e. The second-order valence-electron chi connectivity index (χ2n) is 4.35. The first-order valence-corrected chi connectivity index (χ1v) is 5.75. The number of hydrogen-bond donors (Lipinski definition) is 1. The third kappa shape index (κ3) is 1.69. The van der Waals surface area contributed by atoms with Crippen LogP contribution in [-0.2, 0) is 13.1 Å². The summed E-state index contributed by atoms with van der Waals surface area (Å²) in [5.74, 6) is 0.0906. The van der Waals surface area contributed by atoms with Gasteiger partial charge in [-0.25, -0.2) is 8.78 Å². The first-order chi connectivity index (χ1) is 8.66. The molecule has 0 fully saturated rings. The summed E-state index contributed by atoms with van der Waals surface area (Å²) >= 11 is 0. The molecule has 0 unspecified atom stereocenters. The number of benzene rings is 1. The highest BCUT2D eigenvalue weighted by molar-refractivity contribution is 5.58. The third-order valence-electron chi connectivity index (χ3n) is 3.11. The van der Waals surface area contributed by atoms with E-state index in [9.17, 15) is 8.78 Å². The molecule has 1 aliphatic heterocycles. The van der Waals surface area contributed by atoms with Gasteiger partial charge in [0.1, 0.15) is 17.5 Å². The molecule has 0 spiro atoms. The van der Waals surface area contributed by atoms with Crippen LogP contribution in [0.15, 0.2) is 12.1 Å². The Kier molecular flexibility index (Phi) is 2.59. The van der Waals surface area contributed by atoms with Crippen molar-refractivity contribution in [3.8, 4) is 11.4 Å². The number of nitrogens with zero attached hydrogens (tertiary/aromatic N) is 3. The van der Waals surface area contributed by atoms with Crippen molar-refractivity contribution in [2.45, 2.75) is 20.0 Å². The molecule has 1 aliphatic rings. The minimum absolute atomic E-state index is 0.301. The van der Waals surface area contributed by atoms with Gasteiger partial charge in [-0.05, 0) is 18.6 Å². The van der Waals surface area contributed by atoms with Gasteiger partial charge in [-0.3, -0.25) is 0 Å². The molecule has 18 heavy (non-hydrogen) atoms. The fourth-order valence-corrected chi connectivity index (χ4v) is 2.12. The van der Waals surface area contributed by atoms with Crippen molar-refractivity contribution in [3.05, 3.63) is 35.2 Å². The second kappa shape index (κ2) is 4.13. The van der Waals surface area contributed by atoms with E-state index < -0.39 is 11.6 Å². The summed E-state index contributed by atoms with van der Waals surface area (Å²) in [5, 5.41) is 11.2. The average Bonchev–Trinajstić information content (AvgIpc) is 2.78. The summed E-state index contributed by atoms with van der Waals surface area (Å²) in [5.41, 5.74) is 0.701. The molecule has 6 heteroatoms. The Morgan fingerprint density at radius 1 is 1.22 bits per heavy atom. The van der Waals surface area contributed by atoms with E-state index in [0.717, 1.165) is 18.4 Å². The monoisotopic (exact) mass is 250 g/mol. The molecule has 94 valence electrons. The van der Waals surface area contributed by atoms with Gasteiger partial charge in [0.25, 0.3) is 0 Å². The number of aromatic nitrogens is 3. The average molecular weight is 250 g/mol. The lowest BCUT2D eigenvalue weighted by Gasteiger charge is -2.16. The van der Waals surface area contributed by atoms with Crippen molar-refractivity contribution >= 4 is 0 Å². The van der Waals surface area contributed by atoms with Gasteiger partial charge >= 0.3 is 0 Å². The molecular weight excluding hydrogens is 238 g/mol. The van der Waals surface area contributed by atoms with Gasteiger partial charge in [0, 0.05) is 19.2 Å². The van der Waals surface area contributed by atoms with E-state index >= 15 is 0 Å². The van der Waals surface area contributed by atoms with Gasteiger partial charge in [-0.15, -0.1) is 10.2 Å². The summed E-state index contributed by atoms with van der Waals surface area (Å²) in [6, 6.07) is 2.37. The standard InChI is InChI=1S/C12H12F2N4/c1-7-4-8(10(14)5-9(7)13)12-17-16-11-6-15-2-3-18(11)12/h4-5,15H,2-3,6H2,1H3. The van der Waals surface area contributed by atoms with Crippen molar-refractivity contribution in [2.24, 2.45) is 0 Å². The molecular formula is C12H12F2N4. The van der Waals surface area contributed by atoms with E-state index in [0.29, 0.717) is 30.0 Å². The van der Waals surface area contributed by atoms with Crippen LogP contribution in [0.5, 0.6) is 0 Å². The van der Waals surface area contributed by atoms with Gasteiger partial charge in [0.2, 0.25) is 0 Å². The van der Waals surface area contributed by atoms with Gasteiger partial charge < -0.3 is 9.88 Å². The third-order valence-corrected chi connectivity index (χ3v) is 3.11. The van der Waals surface area contributed by atoms with Crippen LogP contribution in [0, 0.1) is 18.6 Å². The topological polar surface area (TPSA) is 42.7 Å². The van der Waals surface area contributed by atoms with Crippen LogP contribution < -0.4 is 5.32 Å². The fraction of sp³-hybridized carbons (Fsp3) is 0.333. The number of halogens is 2. The first-order valence-electron chi connectivity index (χ1n) is 5.75. The SMILES string of the molecule is Cc1cc(-c2nnc3n2CCNC3)c(F)cc1F. The molecule has 2 aromatic rings. The van der Waals surface area contributed by atoms with E-state index in [1.807, 2.05) is 4.57 Å². The highest BCUT2D eigenvalue weighted by atomic mass is 19.1. The Bertz CT molecular complexity index is 606. The molecule has 0 saturated heterocycles. The smallest absolute Gasteiger partial charge is 0.167 e. The normalized spacial score (nSPS) is 14.6. The Labute approximate surface area is 103 Å². The lowest BCUT2D eigenvalue weighted by Crippen LogP contribution is -2.28. The van der Waals surface area contributed by atoms with Gasteiger partial charge in [0.05, 0.1) is 12.1 Å². The van der Waals surface area contributed by atoms with Crippen molar-refractivity contribution in [2.75, 3.05) is 6.54 Å². The Morgan fingerprint density at radius 2 is 2.06 bits per heavy atom. The molecule has 4 nitrogen and oxygen atoms in total. The molecule has 0 bridgehead atoms. The van der Waals surface area contributed by atoms with E-state index in [1.165, 1.54) is 6.07 Å². The van der Waals surface area contributed by atoms with E-state index in [2.05, 4.69) is 15.5 Å². The number of rotatable bonds is 1. The molecule has 0 aliphatic carbocycles. The van der Waals surface area contributed by atoms with Crippen LogP contribution in [0.2, 0.25) is 0 Å². The summed E-state index contributed by atoms with van der Waals surface area (Å²) in [6.45, 7) is 3.70. The lowest BCUT2D eigenvalue weighted by molar-refractivity contribution is 0.507. The zero-order chi connectivity index (χ0) is 12.7. The molecule has 0 atom stereocenters. The summed E-state index contributed by atoms with van der Waals surface area (Å²) < 4.78 is 28.9. The van der Waals surface area contributed by atoms with E-state index in [-0.39, 0.29) is 0 Å². The fourth-order valence-electron chi connectivity index (χ4n) is 2.12. The Balaban J connectivity index is 2.15. The lowest BCUT2D eigenvalue weighted by atomic mass is 10.1. The quantitative estimate of drug-likeness (QED) is 0.836. The Hall–Kier alpha value is -1.82. The van der Waals surface area contributed by atoms with Crippen LogP contribution in [0.4, 0.5) is 8.78 Å². The van der Waals surface area contributed by atoms with Crippen LogP contribution in [-0.4, -0.2) is 21.3 Å². The van der Waals surface area contributed by atoms with Crippen LogP contribution in [0.3, 0.4) is 0 Å². The second-order valence-corrected chi connectivity index (χ2v) is 4.35. The molecule has 1 N–H and O–H groups in total. The predicted octanol–water partition coefficient (Wildman–Crippen LogP) is 1.63. The van der Waals surface area contributed by atoms with E-state index in [4.69, 9.17) is 0 Å². The molecule has 1 aromatic carbocycles. The molecule has 2 heterocycles. The van der Waals surface area contributed by atoms with Gasteiger partial charge in [-0.2, -0.15) is 0 Å². The van der Waals surface area contributed by atoms with Crippen LogP contribution >= 0.6 is 0 Å². The van der Waals surface area contributed by atoms with Crippen molar-refractivity contribution in [1.29, 1.82) is 0 Å². The Morgan fingerprint density at radius 3 is 2.89 bits per heavy atom. The maximum absolute atomic E-state index is 13.8.